The van der Waals surface area contributed by atoms with E-state index in [1.807, 2.05) is 6.92 Å². The Morgan fingerprint density at radius 2 is 2.00 bits per heavy atom. The highest BCUT2D eigenvalue weighted by Crippen LogP contribution is 2.08. The van der Waals surface area contributed by atoms with Gasteiger partial charge in [0.15, 0.2) is 0 Å². The second-order valence-electron chi connectivity index (χ2n) is 3.82. The van der Waals surface area contributed by atoms with Crippen LogP contribution in [0.25, 0.3) is 0 Å². The lowest BCUT2D eigenvalue weighted by Gasteiger charge is -2.14. The second-order valence-corrected chi connectivity index (χ2v) is 3.82. The molecular formula is C10H21NO2. The van der Waals surface area contributed by atoms with Crippen LogP contribution in [0.1, 0.15) is 40.0 Å². The largest absolute Gasteiger partial charge is 0.463 e. The van der Waals surface area contributed by atoms with Crippen molar-refractivity contribution in [2.75, 3.05) is 6.54 Å². The predicted molar refractivity (Wildman–Crippen MR) is 53.3 cm³/mol. The van der Waals surface area contributed by atoms with Crippen molar-refractivity contribution in [1.29, 1.82) is 0 Å². The van der Waals surface area contributed by atoms with Crippen LogP contribution in [-0.4, -0.2) is 18.6 Å². The fraction of sp³-hybridized carbons (Fsp3) is 0.900. The molecule has 2 N–H and O–H groups in total. The highest BCUT2D eigenvalue weighted by atomic mass is 16.5. The van der Waals surface area contributed by atoms with E-state index in [0.29, 0.717) is 25.3 Å². The Kier molecular flexibility index (Phi) is 6.59. The number of nitrogens with two attached hydrogens (primary N) is 1. The number of rotatable bonds is 6. The van der Waals surface area contributed by atoms with Crippen molar-refractivity contribution < 1.29 is 9.53 Å². The summed E-state index contributed by atoms with van der Waals surface area (Å²) in [5.74, 6) is 0.441. The third-order valence-electron chi connectivity index (χ3n) is 1.72. The van der Waals surface area contributed by atoms with Crippen molar-refractivity contribution in [3.8, 4) is 0 Å². The molecule has 0 radical (unpaired) electrons. The summed E-state index contributed by atoms with van der Waals surface area (Å²) in [5, 5.41) is 0. The van der Waals surface area contributed by atoms with E-state index in [0.717, 1.165) is 6.42 Å². The van der Waals surface area contributed by atoms with Crippen LogP contribution in [0, 0.1) is 5.92 Å². The maximum Gasteiger partial charge on any atom is 0.306 e. The Morgan fingerprint density at radius 3 is 2.46 bits per heavy atom. The predicted octanol–water partition coefficient (Wildman–Crippen LogP) is 1.70. The number of hydrogen-bond donors (Lipinski definition) is 1. The number of carbonyl (C=O) groups is 1. The van der Waals surface area contributed by atoms with E-state index >= 15 is 0 Å². The third kappa shape index (κ3) is 7.78. The highest BCUT2D eigenvalue weighted by Gasteiger charge is 2.10. The number of ether oxygens (including phenoxy) is 1. The molecule has 3 nitrogen and oxygen atoms in total. The minimum absolute atomic E-state index is 0.0327. The first-order valence-corrected chi connectivity index (χ1v) is 4.95. The van der Waals surface area contributed by atoms with E-state index in [9.17, 15) is 4.79 Å². The lowest BCUT2D eigenvalue weighted by molar-refractivity contribution is -0.148. The molecule has 0 rings (SSSR count). The summed E-state index contributed by atoms with van der Waals surface area (Å²) in [5.41, 5.74) is 5.28. The van der Waals surface area contributed by atoms with Gasteiger partial charge in [-0.3, -0.25) is 4.79 Å². The van der Waals surface area contributed by atoms with Crippen molar-refractivity contribution in [2.24, 2.45) is 11.7 Å². The smallest absolute Gasteiger partial charge is 0.306 e. The molecule has 3 heteroatoms. The van der Waals surface area contributed by atoms with E-state index in [1.54, 1.807) is 0 Å². The van der Waals surface area contributed by atoms with Gasteiger partial charge in [-0.25, -0.2) is 0 Å². The molecule has 0 bridgehead atoms. The van der Waals surface area contributed by atoms with Gasteiger partial charge in [-0.05, 0) is 32.2 Å². The van der Waals surface area contributed by atoms with Crippen LogP contribution in [0.3, 0.4) is 0 Å². The van der Waals surface area contributed by atoms with Gasteiger partial charge in [-0.15, -0.1) is 0 Å². The molecule has 1 unspecified atom stereocenters. The van der Waals surface area contributed by atoms with Gasteiger partial charge in [0.05, 0.1) is 6.10 Å². The highest BCUT2D eigenvalue weighted by molar-refractivity contribution is 5.69. The van der Waals surface area contributed by atoms with Gasteiger partial charge in [-0.1, -0.05) is 13.8 Å². The molecule has 0 aromatic rings. The minimum atomic E-state index is -0.126. The molecule has 0 heterocycles. The van der Waals surface area contributed by atoms with Crippen LogP contribution in [0.5, 0.6) is 0 Å². The van der Waals surface area contributed by atoms with Crippen molar-refractivity contribution in [3.63, 3.8) is 0 Å². The maximum atomic E-state index is 11.1. The summed E-state index contributed by atoms with van der Waals surface area (Å²) in [7, 11) is 0. The summed E-state index contributed by atoms with van der Waals surface area (Å²) in [4.78, 5) is 11.1. The normalized spacial score (nSPS) is 13.0. The van der Waals surface area contributed by atoms with Crippen molar-refractivity contribution in [2.45, 2.75) is 46.1 Å². The van der Waals surface area contributed by atoms with E-state index in [2.05, 4.69) is 13.8 Å². The molecule has 0 aromatic carbocycles. The van der Waals surface area contributed by atoms with Gasteiger partial charge in [0.2, 0.25) is 0 Å². The molecule has 0 spiro atoms. The van der Waals surface area contributed by atoms with Crippen LogP contribution >= 0.6 is 0 Å². The average Bonchev–Trinajstić information content (AvgIpc) is 1.98. The van der Waals surface area contributed by atoms with Crippen LogP contribution < -0.4 is 5.73 Å². The molecule has 0 saturated heterocycles. The molecule has 0 amide bonds. The summed E-state index contributed by atoms with van der Waals surface area (Å²) in [6.45, 7) is 6.71. The SMILES string of the molecule is CC(C)CC(C)OC(=O)CCCN. The molecular weight excluding hydrogens is 166 g/mol. The molecule has 0 fully saturated rings. The van der Waals surface area contributed by atoms with Gasteiger partial charge in [0.25, 0.3) is 0 Å². The Balaban J connectivity index is 3.53. The van der Waals surface area contributed by atoms with Crippen molar-refractivity contribution in [1.82, 2.24) is 0 Å². The summed E-state index contributed by atoms with van der Waals surface area (Å²) in [6.07, 6.45) is 2.12. The van der Waals surface area contributed by atoms with E-state index in [4.69, 9.17) is 10.5 Å². The first-order valence-electron chi connectivity index (χ1n) is 4.95. The van der Waals surface area contributed by atoms with Crippen LogP contribution in [0.2, 0.25) is 0 Å². The molecule has 0 aliphatic heterocycles. The Hall–Kier alpha value is -0.570. The fourth-order valence-electron chi connectivity index (χ4n) is 1.24. The quantitative estimate of drug-likeness (QED) is 0.644. The molecule has 0 aliphatic carbocycles. The first kappa shape index (κ1) is 12.4. The molecule has 0 saturated carbocycles. The fourth-order valence-corrected chi connectivity index (χ4v) is 1.24. The summed E-state index contributed by atoms with van der Waals surface area (Å²) in [6, 6.07) is 0. The van der Waals surface area contributed by atoms with Gasteiger partial charge in [0, 0.05) is 6.42 Å². The third-order valence-corrected chi connectivity index (χ3v) is 1.72. The van der Waals surface area contributed by atoms with E-state index < -0.39 is 0 Å². The zero-order valence-electron chi connectivity index (χ0n) is 8.88. The summed E-state index contributed by atoms with van der Waals surface area (Å²) >= 11 is 0. The standard InChI is InChI=1S/C10H21NO2/c1-8(2)7-9(3)13-10(12)5-4-6-11/h8-9H,4-7,11H2,1-3H3. The lowest BCUT2D eigenvalue weighted by Crippen LogP contribution is -2.17. The van der Waals surface area contributed by atoms with Gasteiger partial charge < -0.3 is 10.5 Å². The van der Waals surface area contributed by atoms with Crippen molar-refractivity contribution in [3.05, 3.63) is 0 Å². The number of hydrogen-bond acceptors (Lipinski definition) is 3. The maximum absolute atomic E-state index is 11.1. The first-order chi connectivity index (χ1) is 6.06. The molecule has 0 aromatic heterocycles. The Morgan fingerprint density at radius 1 is 1.38 bits per heavy atom. The van der Waals surface area contributed by atoms with E-state index in [-0.39, 0.29) is 12.1 Å². The van der Waals surface area contributed by atoms with Crippen LogP contribution in [0.4, 0.5) is 0 Å². The Bertz CT molecular complexity index is 146. The molecule has 13 heavy (non-hydrogen) atoms. The van der Waals surface area contributed by atoms with Crippen LogP contribution in [0.15, 0.2) is 0 Å². The van der Waals surface area contributed by atoms with Gasteiger partial charge in [-0.2, -0.15) is 0 Å². The Labute approximate surface area is 80.6 Å². The van der Waals surface area contributed by atoms with Gasteiger partial charge >= 0.3 is 5.97 Å². The molecule has 0 aliphatic rings. The molecule has 78 valence electrons. The van der Waals surface area contributed by atoms with Crippen LogP contribution in [-0.2, 0) is 9.53 Å². The summed E-state index contributed by atoms with van der Waals surface area (Å²) < 4.78 is 5.17. The monoisotopic (exact) mass is 187 g/mol. The lowest BCUT2D eigenvalue weighted by atomic mass is 10.1. The number of carbonyl (C=O) groups excluding carboxylic acids is 1. The second kappa shape index (κ2) is 6.89. The average molecular weight is 187 g/mol. The van der Waals surface area contributed by atoms with Gasteiger partial charge in [0.1, 0.15) is 0 Å². The minimum Gasteiger partial charge on any atom is -0.463 e. The molecule has 1 atom stereocenters. The number of esters is 1. The zero-order chi connectivity index (χ0) is 10.3. The topological polar surface area (TPSA) is 52.3 Å². The van der Waals surface area contributed by atoms with E-state index in [1.165, 1.54) is 0 Å². The van der Waals surface area contributed by atoms with Crippen molar-refractivity contribution >= 4 is 5.97 Å². The zero-order valence-corrected chi connectivity index (χ0v) is 8.88.